The van der Waals surface area contributed by atoms with Gasteiger partial charge in [0.1, 0.15) is 0 Å². The van der Waals surface area contributed by atoms with E-state index in [1.165, 1.54) is 0 Å². The van der Waals surface area contributed by atoms with Gasteiger partial charge in [-0.1, -0.05) is 0 Å². The van der Waals surface area contributed by atoms with Crippen molar-refractivity contribution in [2.75, 3.05) is 20.3 Å². The minimum atomic E-state index is -0.225. The van der Waals surface area contributed by atoms with E-state index >= 15 is 0 Å². The molecule has 0 aromatic rings. The van der Waals surface area contributed by atoms with Gasteiger partial charge < -0.3 is 15.2 Å². The van der Waals surface area contributed by atoms with Crippen molar-refractivity contribution in [3.63, 3.8) is 0 Å². The van der Waals surface area contributed by atoms with Crippen molar-refractivity contribution in [3.05, 3.63) is 0 Å². The molecule has 4 heteroatoms. The molecular weight excluding hydrogens is 194 g/mol. The average molecular weight is 217 g/mol. The maximum atomic E-state index is 11.2. The zero-order chi connectivity index (χ0) is 11.7. The predicted octanol–water partition coefficient (Wildman–Crippen LogP) is 1.47. The van der Waals surface area contributed by atoms with Crippen molar-refractivity contribution in [1.82, 2.24) is 0 Å². The summed E-state index contributed by atoms with van der Waals surface area (Å²) in [5.74, 6) is -0.143. The van der Waals surface area contributed by atoms with E-state index < -0.39 is 0 Å². The van der Waals surface area contributed by atoms with Crippen molar-refractivity contribution in [2.45, 2.75) is 45.1 Å². The average Bonchev–Trinajstić information content (AvgIpc) is 2.18. The number of esters is 1. The highest BCUT2D eigenvalue weighted by Gasteiger charge is 2.16. The van der Waals surface area contributed by atoms with Crippen LogP contribution in [-0.4, -0.2) is 31.8 Å². The van der Waals surface area contributed by atoms with Crippen molar-refractivity contribution in [3.8, 4) is 0 Å². The van der Waals surface area contributed by atoms with Crippen LogP contribution >= 0.6 is 0 Å². The van der Waals surface area contributed by atoms with Gasteiger partial charge in [0.15, 0.2) is 0 Å². The maximum Gasteiger partial charge on any atom is 0.305 e. The van der Waals surface area contributed by atoms with E-state index in [2.05, 4.69) is 0 Å². The Kier molecular flexibility index (Phi) is 7.34. The van der Waals surface area contributed by atoms with Gasteiger partial charge in [-0.2, -0.15) is 0 Å². The number of unbranched alkanes of at least 4 members (excludes halogenated alkanes) is 1. The second-order valence-corrected chi connectivity index (χ2v) is 4.18. The molecule has 0 spiro atoms. The highest BCUT2D eigenvalue weighted by molar-refractivity contribution is 5.69. The van der Waals surface area contributed by atoms with Gasteiger partial charge in [0, 0.05) is 20.0 Å². The molecule has 0 aliphatic heterocycles. The molecule has 0 fully saturated rings. The van der Waals surface area contributed by atoms with Crippen molar-refractivity contribution >= 4 is 5.97 Å². The van der Waals surface area contributed by atoms with Crippen molar-refractivity contribution in [2.24, 2.45) is 5.73 Å². The van der Waals surface area contributed by atoms with E-state index in [0.717, 1.165) is 12.8 Å². The summed E-state index contributed by atoms with van der Waals surface area (Å²) in [7, 11) is 1.66. The molecule has 0 aliphatic rings. The lowest BCUT2D eigenvalue weighted by molar-refractivity contribution is -0.145. The molecule has 0 rings (SSSR count). The fraction of sp³-hybridized carbons (Fsp3) is 0.909. The van der Waals surface area contributed by atoms with Crippen LogP contribution in [0.2, 0.25) is 0 Å². The lowest BCUT2D eigenvalue weighted by Gasteiger charge is -2.22. The Bertz CT molecular complexity index is 181. The van der Waals surface area contributed by atoms with Crippen LogP contribution in [0.25, 0.3) is 0 Å². The van der Waals surface area contributed by atoms with Gasteiger partial charge in [0.25, 0.3) is 0 Å². The molecule has 0 radical (unpaired) electrons. The zero-order valence-corrected chi connectivity index (χ0v) is 10.0. The van der Waals surface area contributed by atoms with Gasteiger partial charge in [-0.05, 0) is 33.2 Å². The number of rotatable bonds is 8. The van der Waals surface area contributed by atoms with Gasteiger partial charge in [0.2, 0.25) is 0 Å². The summed E-state index contributed by atoms with van der Waals surface area (Å²) in [4.78, 5) is 11.2. The molecule has 0 bridgehead atoms. The number of ether oxygens (including phenoxy) is 2. The maximum absolute atomic E-state index is 11.2. The van der Waals surface area contributed by atoms with Gasteiger partial charge in [0.05, 0.1) is 12.2 Å². The Balaban J connectivity index is 3.46. The number of methoxy groups -OCH3 is 1. The number of hydrogen-bond acceptors (Lipinski definition) is 4. The van der Waals surface area contributed by atoms with Gasteiger partial charge in [-0.3, -0.25) is 4.79 Å². The van der Waals surface area contributed by atoms with E-state index in [4.69, 9.17) is 15.2 Å². The van der Waals surface area contributed by atoms with E-state index in [1.54, 1.807) is 7.11 Å². The Hall–Kier alpha value is -0.610. The topological polar surface area (TPSA) is 61.5 Å². The van der Waals surface area contributed by atoms with Crippen molar-refractivity contribution < 1.29 is 14.3 Å². The molecule has 0 saturated carbocycles. The van der Waals surface area contributed by atoms with Crippen LogP contribution in [-0.2, 0) is 14.3 Å². The summed E-state index contributed by atoms with van der Waals surface area (Å²) in [6.07, 6.45) is 2.86. The highest BCUT2D eigenvalue weighted by Crippen LogP contribution is 2.12. The molecule has 0 atom stereocenters. The van der Waals surface area contributed by atoms with E-state index in [-0.39, 0.29) is 11.6 Å². The molecule has 0 unspecified atom stereocenters. The molecule has 0 aromatic heterocycles. The van der Waals surface area contributed by atoms with Gasteiger partial charge in [-0.15, -0.1) is 0 Å². The number of hydrogen-bond donors (Lipinski definition) is 1. The molecular formula is C11H23NO3. The molecule has 15 heavy (non-hydrogen) atoms. The Morgan fingerprint density at radius 2 is 2.00 bits per heavy atom. The Morgan fingerprint density at radius 1 is 1.33 bits per heavy atom. The smallest absolute Gasteiger partial charge is 0.305 e. The molecule has 0 aromatic carbocycles. The largest absolute Gasteiger partial charge is 0.466 e. The van der Waals surface area contributed by atoms with Crippen LogP contribution in [0.1, 0.15) is 39.5 Å². The lowest BCUT2D eigenvalue weighted by Crippen LogP contribution is -2.25. The van der Waals surface area contributed by atoms with Crippen LogP contribution in [0, 0.1) is 0 Å². The van der Waals surface area contributed by atoms with Crippen LogP contribution in [0.3, 0.4) is 0 Å². The number of carbonyl (C=O) groups is 1. The van der Waals surface area contributed by atoms with Gasteiger partial charge in [-0.25, -0.2) is 0 Å². The standard InChI is InChI=1S/C11H23NO3/c1-11(2,14-3)7-9-15-10(13)6-4-5-8-12/h4-9,12H2,1-3H3. The first-order valence-corrected chi connectivity index (χ1v) is 5.42. The third-order valence-electron chi connectivity index (χ3n) is 2.35. The van der Waals surface area contributed by atoms with Crippen LogP contribution in [0.5, 0.6) is 0 Å². The molecule has 2 N–H and O–H groups in total. The van der Waals surface area contributed by atoms with Gasteiger partial charge >= 0.3 is 5.97 Å². The van der Waals surface area contributed by atoms with E-state index in [0.29, 0.717) is 26.0 Å². The number of carbonyl (C=O) groups excluding carboxylic acids is 1. The summed E-state index contributed by atoms with van der Waals surface area (Å²) in [6.45, 7) is 4.98. The third kappa shape index (κ3) is 8.39. The Morgan fingerprint density at radius 3 is 2.53 bits per heavy atom. The normalized spacial score (nSPS) is 11.5. The SMILES string of the molecule is COC(C)(C)CCOC(=O)CCCCN. The van der Waals surface area contributed by atoms with E-state index in [1.807, 2.05) is 13.8 Å². The summed E-state index contributed by atoms with van der Waals surface area (Å²) < 4.78 is 10.3. The second-order valence-electron chi connectivity index (χ2n) is 4.18. The van der Waals surface area contributed by atoms with Crippen molar-refractivity contribution in [1.29, 1.82) is 0 Å². The summed E-state index contributed by atoms with van der Waals surface area (Å²) in [5, 5.41) is 0. The second kappa shape index (κ2) is 7.65. The Labute approximate surface area is 92.1 Å². The first kappa shape index (κ1) is 14.4. The zero-order valence-electron chi connectivity index (χ0n) is 10.0. The first-order valence-electron chi connectivity index (χ1n) is 5.42. The molecule has 4 nitrogen and oxygen atoms in total. The molecule has 0 aliphatic carbocycles. The highest BCUT2D eigenvalue weighted by atomic mass is 16.5. The quantitative estimate of drug-likeness (QED) is 0.494. The summed E-state index contributed by atoms with van der Waals surface area (Å²) in [5.41, 5.74) is 5.10. The minimum Gasteiger partial charge on any atom is -0.466 e. The minimum absolute atomic E-state index is 0.143. The predicted molar refractivity (Wildman–Crippen MR) is 59.6 cm³/mol. The molecule has 0 heterocycles. The fourth-order valence-electron chi connectivity index (χ4n) is 0.999. The van der Waals surface area contributed by atoms with Crippen LogP contribution in [0.4, 0.5) is 0 Å². The van der Waals surface area contributed by atoms with E-state index in [9.17, 15) is 4.79 Å². The lowest BCUT2D eigenvalue weighted by atomic mass is 10.1. The van der Waals surface area contributed by atoms with Crippen LogP contribution < -0.4 is 5.73 Å². The summed E-state index contributed by atoms with van der Waals surface area (Å²) in [6, 6.07) is 0. The molecule has 90 valence electrons. The van der Waals surface area contributed by atoms with Crippen LogP contribution in [0.15, 0.2) is 0 Å². The summed E-state index contributed by atoms with van der Waals surface area (Å²) >= 11 is 0. The molecule has 0 amide bonds. The monoisotopic (exact) mass is 217 g/mol. The fourth-order valence-corrected chi connectivity index (χ4v) is 0.999. The first-order chi connectivity index (χ1) is 7.02. The third-order valence-corrected chi connectivity index (χ3v) is 2.35. The number of nitrogens with two attached hydrogens (primary N) is 1. The molecule has 0 saturated heterocycles.